The predicted octanol–water partition coefficient (Wildman–Crippen LogP) is 0.736. The molecule has 1 rings (SSSR count). The van der Waals surface area contributed by atoms with Gasteiger partial charge in [-0.15, -0.1) is 0 Å². The number of carbonyl (C=O) groups is 1. The molecular weight excluding hydrogens is 270 g/mol. The first-order chi connectivity index (χ1) is 9.17. The van der Waals surface area contributed by atoms with E-state index in [1.54, 1.807) is 14.2 Å². The lowest BCUT2D eigenvalue weighted by Gasteiger charge is -2.08. The lowest BCUT2D eigenvalue weighted by molar-refractivity contribution is -0.121. The molecule has 1 amide bonds. The second-order valence-corrected chi connectivity index (χ2v) is 4.07. The summed E-state index contributed by atoms with van der Waals surface area (Å²) < 4.78 is 4.84. The summed E-state index contributed by atoms with van der Waals surface area (Å²) in [7, 11) is 3.31. The molecule has 106 valence electrons. The predicted molar refractivity (Wildman–Crippen MR) is 74.6 cm³/mol. The zero-order chi connectivity index (χ0) is 14.1. The second kappa shape index (κ2) is 8.49. The van der Waals surface area contributed by atoms with Gasteiger partial charge in [-0.3, -0.25) is 4.79 Å². The molecule has 3 N–H and O–H groups in total. The van der Waals surface area contributed by atoms with Crippen LogP contribution in [0.4, 0.5) is 11.8 Å². The van der Waals surface area contributed by atoms with E-state index in [1.807, 2.05) is 0 Å². The van der Waals surface area contributed by atoms with Gasteiger partial charge in [0.2, 0.25) is 11.9 Å². The van der Waals surface area contributed by atoms with Crippen molar-refractivity contribution >= 4 is 29.3 Å². The van der Waals surface area contributed by atoms with Crippen LogP contribution in [0.15, 0.2) is 6.20 Å². The number of methoxy groups -OCH3 is 1. The molecule has 0 saturated heterocycles. The van der Waals surface area contributed by atoms with Crippen molar-refractivity contribution in [2.75, 3.05) is 44.5 Å². The Morgan fingerprint density at radius 3 is 2.95 bits per heavy atom. The highest BCUT2D eigenvalue weighted by Gasteiger charge is 2.05. The van der Waals surface area contributed by atoms with E-state index in [0.717, 1.165) is 0 Å². The summed E-state index contributed by atoms with van der Waals surface area (Å²) in [6.45, 7) is 1.45. The van der Waals surface area contributed by atoms with Gasteiger partial charge in [0, 0.05) is 33.7 Å². The highest BCUT2D eigenvalue weighted by molar-refractivity contribution is 6.32. The van der Waals surface area contributed by atoms with E-state index < -0.39 is 0 Å². The third-order valence-corrected chi connectivity index (χ3v) is 2.52. The minimum absolute atomic E-state index is 0.0523. The van der Waals surface area contributed by atoms with E-state index in [9.17, 15) is 4.79 Å². The van der Waals surface area contributed by atoms with Gasteiger partial charge in [0.15, 0.2) is 0 Å². The third kappa shape index (κ3) is 5.71. The van der Waals surface area contributed by atoms with Crippen molar-refractivity contribution < 1.29 is 9.53 Å². The van der Waals surface area contributed by atoms with Crippen LogP contribution >= 0.6 is 11.6 Å². The van der Waals surface area contributed by atoms with Crippen molar-refractivity contribution in [2.24, 2.45) is 0 Å². The molecule has 1 aromatic heterocycles. The Labute approximate surface area is 117 Å². The molecule has 0 radical (unpaired) electrons. The van der Waals surface area contributed by atoms with E-state index in [1.165, 1.54) is 6.20 Å². The topological polar surface area (TPSA) is 88.2 Å². The van der Waals surface area contributed by atoms with Crippen LogP contribution in [0.3, 0.4) is 0 Å². The fourth-order valence-corrected chi connectivity index (χ4v) is 1.44. The molecule has 7 nitrogen and oxygen atoms in total. The first-order valence-corrected chi connectivity index (χ1v) is 6.25. The lowest BCUT2D eigenvalue weighted by atomic mass is 10.4. The Morgan fingerprint density at radius 1 is 1.47 bits per heavy atom. The molecular formula is C11H18ClN5O2. The van der Waals surface area contributed by atoms with Crippen molar-refractivity contribution in [2.45, 2.75) is 6.42 Å². The zero-order valence-corrected chi connectivity index (χ0v) is 11.8. The summed E-state index contributed by atoms with van der Waals surface area (Å²) in [6, 6.07) is 0. The molecule has 8 heteroatoms. The number of nitrogens with one attached hydrogen (secondary N) is 3. The first-order valence-electron chi connectivity index (χ1n) is 5.87. The molecule has 0 saturated carbocycles. The largest absolute Gasteiger partial charge is 0.383 e. The van der Waals surface area contributed by atoms with Crippen LogP contribution < -0.4 is 16.0 Å². The van der Waals surface area contributed by atoms with Crippen molar-refractivity contribution in [1.82, 2.24) is 15.3 Å². The van der Waals surface area contributed by atoms with E-state index in [2.05, 4.69) is 25.9 Å². The van der Waals surface area contributed by atoms with Gasteiger partial charge in [-0.1, -0.05) is 11.6 Å². The molecule has 0 aliphatic carbocycles. The van der Waals surface area contributed by atoms with Gasteiger partial charge >= 0.3 is 0 Å². The maximum absolute atomic E-state index is 11.4. The number of rotatable bonds is 8. The Morgan fingerprint density at radius 2 is 2.26 bits per heavy atom. The summed E-state index contributed by atoms with van der Waals surface area (Å²) >= 11 is 5.94. The monoisotopic (exact) mass is 287 g/mol. The highest BCUT2D eigenvalue weighted by atomic mass is 35.5. The molecule has 0 aliphatic heterocycles. The van der Waals surface area contributed by atoms with E-state index in [4.69, 9.17) is 16.3 Å². The standard InChI is InChI=1S/C11H18ClN5O2/c1-13-11-16-7-8(12)10(17-11)15-4-3-9(18)14-5-6-19-2/h7H,3-6H2,1-2H3,(H,14,18)(H2,13,15,16,17). The minimum Gasteiger partial charge on any atom is -0.383 e. The molecule has 1 heterocycles. The van der Waals surface area contributed by atoms with Crippen LogP contribution in [0.25, 0.3) is 0 Å². The number of hydrogen-bond acceptors (Lipinski definition) is 6. The van der Waals surface area contributed by atoms with Gasteiger partial charge in [0.25, 0.3) is 0 Å². The molecule has 0 unspecified atom stereocenters. The molecule has 0 bridgehead atoms. The molecule has 19 heavy (non-hydrogen) atoms. The van der Waals surface area contributed by atoms with Gasteiger partial charge in [0.05, 0.1) is 12.8 Å². The van der Waals surface area contributed by atoms with Gasteiger partial charge < -0.3 is 20.7 Å². The quantitative estimate of drug-likeness (QED) is 0.611. The van der Waals surface area contributed by atoms with Gasteiger partial charge in [-0.05, 0) is 0 Å². The summed E-state index contributed by atoms with van der Waals surface area (Å²) in [6.07, 6.45) is 1.83. The number of carbonyl (C=O) groups excluding carboxylic acids is 1. The number of nitrogens with zero attached hydrogens (tertiary/aromatic N) is 2. The van der Waals surface area contributed by atoms with Crippen LogP contribution in [0, 0.1) is 0 Å². The average Bonchev–Trinajstić information content (AvgIpc) is 2.41. The Hall–Kier alpha value is -1.60. The SMILES string of the molecule is CNc1ncc(Cl)c(NCCC(=O)NCCOC)n1. The fraction of sp³-hybridized carbons (Fsp3) is 0.545. The van der Waals surface area contributed by atoms with Gasteiger partial charge in [-0.2, -0.15) is 4.98 Å². The molecule has 0 fully saturated rings. The van der Waals surface area contributed by atoms with Crippen LogP contribution in [0.5, 0.6) is 0 Å². The lowest BCUT2D eigenvalue weighted by Crippen LogP contribution is -2.28. The maximum atomic E-state index is 11.4. The maximum Gasteiger partial charge on any atom is 0.224 e. The van der Waals surface area contributed by atoms with Crippen LogP contribution in [-0.4, -0.2) is 49.7 Å². The van der Waals surface area contributed by atoms with E-state index in [0.29, 0.717) is 42.9 Å². The Balaban J connectivity index is 2.34. The second-order valence-electron chi connectivity index (χ2n) is 3.66. The Bertz CT molecular complexity index is 416. The smallest absolute Gasteiger partial charge is 0.224 e. The normalized spacial score (nSPS) is 10.1. The summed E-state index contributed by atoms with van der Waals surface area (Å²) in [4.78, 5) is 19.5. The van der Waals surface area contributed by atoms with Crippen LogP contribution in [0.1, 0.15) is 6.42 Å². The summed E-state index contributed by atoms with van der Waals surface area (Å²) in [5.41, 5.74) is 0. The van der Waals surface area contributed by atoms with Gasteiger partial charge in [0.1, 0.15) is 10.8 Å². The third-order valence-electron chi connectivity index (χ3n) is 2.24. The molecule has 0 aromatic carbocycles. The van der Waals surface area contributed by atoms with Crippen LogP contribution in [-0.2, 0) is 9.53 Å². The molecule has 1 aromatic rings. The number of aromatic nitrogens is 2. The van der Waals surface area contributed by atoms with Crippen LogP contribution in [0.2, 0.25) is 5.02 Å². The molecule has 0 aliphatic rings. The van der Waals surface area contributed by atoms with Crippen molar-refractivity contribution in [1.29, 1.82) is 0 Å². The molecule has 0 spiro atoms. The average molecular weight is 288 g/mol. The van der Waals surface area contributed by atoms with Crippen molar-refractivity contribution in [3.05, 3.63) is 11.2 Å². The molecule has 0 atom stereocenters. The number of ether oxygens (including phenoxy) is 1. The minimum atomic E-state index is -0.0523. The van der Waals surface area contributed by atoms with Crippen molar-refractivity contribution in [3.63, 3.8) is 0 Å². The van der Waals surface area contributed by atoms with Crippen molar-refractivity contribution in [3.8, 4) is 0 Å². The number of amides is 1. The number of hydrogen-bond donors (Lipinski definition) is 3. The highest BCUT2D eigenvalue weighted by Crippen LogP contribution is 2.18. The first kappa shape index (κ1) is 15.5. The van der Waals surface area contributed by atoms with E-state index >= 15 is 0 Å². The number of halogens is 1. The Kier molecular flexibility index (Phi) is 6.91. The summed E-state index contributed by atoms with van der Waals surface area (Å²) in [5, 5.41) is 8.95. The number of anilines is 2. The summed E-state index contributed by atoms with van der Waals surface area (Å²) in [5.74, 6) is 0.922. The van der Waals surface area contributed by atoms with Gasteiger partial charge in [-0.25, -0.2) is 4.98 Å². The van der Waals surface area contributed by atoms with E-state index in [-0.39, 0.29) is 5.91 Å². The zero-order valence-electron chi connectivity index (χ0n) is 11.0. The fourth-order valence-electron chi connectivity index (χ4n) is 1.29.